The van der Waals surface area contributed by atoms with Gasteiger partial charge < -0.3 is 18.9 Å². The number of amides is 1. The zero-order valence-electron chi connectivity index (χ0n) is 19.6. The molecule has 178 valence electrons. The van der Waals surface area contributed by atoms with Gasteiger partial charge in [0.15, 0.2) is 28.6 Å². The Labute approximate surface area is 204 Å². The van der Waals surface area contributed by atoms with Gasteiger partial charge >= 0.3 is 0 Å². The second-order valence-electron chi connectivity index (χ2n) is 8.98. The summed E-state index contributed by atoms with van der Waals surface area (Å²) in [7, 11) is 1.91. The molecule has 1 fully saturated rings. The summed E-state index contributed by atoms with van der Waals surface area (Å²) in [4.78, 5) is 15.1. The van der Waals surface area contributed by atoms with Gasteiger partial charge in [0.1, 0.15) is 6.61 Å². The first kappa shape index (κ1) is 22.8. The molecule has 1 aromatic heterocycles. The van der Waals surface area contributed by atoms with Crippen molar-refractivity contribution in [3.05, 3.63) is 66.0 Å². The third-order valence-electron chi connectivity index (χ3n) is 6.59. The molecule has 5 rings (SSSR count). The molecule has 2 aromatic carbocycles. The maximum absolute atomic E-state index is 13.1. The molecular formula is C26H30N4O3S. The topological polar surface area (TPSA) is 69.5 Å². The number of benzene rings is 2. The van der Waals surface area contributed by atoms with Crippen molar-refractivity contribution in [1.82, 2.24) is 19.7 Å². The fourth-order valence-corrected chi connectivity index (χ4v) is 5.53. The van der Waals surface area contributed by atoms with Gasteiger partial charge in [0, 0.05) is 20.1 Å². The van der Waals surface area contributed by atoms with E-state index in [9.17, 15) is 4.79 Å². The number of para-hydroxylation sites is 2. The van der Waals surface area contributed by atoms with E-state index in [4.69, 9.17) is 9.47 Å². The van der Waals surface area contributed by atoms with Crippen LogP contribution < -0.4 is 9.47 Å². The zero-order chi connectivity index (χ0) is 23.5. The number of hydrogen-bond acceptors (Lipinski definition) is 6. The van der Waals surface area contributed by atoms with Crippen molar-refractivity contribution in [1.29, 1.82) is 0 Å². The Balaban J connectivity index is 1.16. The van der Waals surface area contributed by atoms with Crippen LogP contribution in [0.25, 0.3) is 0 Å². The summed E-state index contributed by atoms with van der Waals surface area (Å²) in [6, 6.07) is 18.2. The number of carbonyl (C=O) groups excluding carboxylic acids is 1. The number of ether oxygens (including phenoxy) is 2. The monoisotopic (exact) mass is 478 g/mol. The van der Waals surface area contributed by atoms with E-state index in [-0.39, 0.29) is 17.3 Å². The molecule has 7 nitrogen and oxygen atoms in total. The first-order valence-electron chi connectivity index (χ1n) is 11.9. The molecule has 8 heteroatoms. The number of piperidine rings is 1. The molecule has 3 heterocycles. The first-order valence-corrected chi connectivity index (χ1v) is 12.7. The van der Waals surface area contributed by atoms with Gasteiger partial charge in [0.2, 0.25) is 5.91 Å². The normalized spacial score (nSPS) is 19.1. The number of fused-ring (bicyclic) bond motifs is 1. The minimum absolute atomic E-state index is 0.166. The molecule has 2 unspecified atom stereocenters. The third kappa shape index (κ3) is 4.92. The molecule has 0 aliphatic carbocycles. The molecule has 1 saturated heterocycles. The van der Waals surface area contributed by atoms with Gasteiger partial charge in [0.25, 0.3) is 0 Å². The van der Waals surface area contributed by atoms with Gasteiger partial charge in [-0.2, -0.15) is 0 Å². The molecule has 0 N–H and O–H groups in total. The van der Waals surface area contributed by atoms with E-state index in [1.807, 2.05) is 47.7 Å². The fraction of sp³-hybridized carbons (Fsp3) is 0.423. The summed E-state index contributed by atoms with van der Waals surface area (Å²) in [5, 5.41) is 9.17. The molecular weight excluding hydrogens is 448 g/mol. The van der Waals surface area contributed by atoms with Crippen LogP contribution in [-0.2, 0) is 18.3 Å². The molecule has 2 aliphatic rings. The number of thioether (sulfide) groups is 1. The SMILES string of the molecule is CC(Sc1nnc(C2COc3ccccc3O2)n1C)C(=O)N1CCC(Cc2ccccc2)CC1. The van der Waals surface area contributed by atoms with Crippen LogP contribution in [0.2, 0.25) is 0 Å². The van der Waals surface area contributed by atoms with Crippen LogP contribution >= 0.6 is 11.8 Å². The molecule has 0 radical (unpaired) electrons. The van der Waals surface area contributed by atoms with E-state index in [1.165, 1.54) is 17.3 Å². The Morgan fingerprint density at radius 3 is 2.53 bits per heavy atom. The van der Waals surface area contributed by atoms with E-state index in [1.54, 1.807) is 0 Å². The van der Waals surface area contributed by atoms with Crippen LogP contribution in [0.5, 0.6) is 11.5 Å². The zero-order valence-corrected chi connectivity index (χ0v) is 20.4. The lowest BCUT2D eigenvalue weighted by atomic mass is 9.90. The average Bonchev–Trinajstić information content (AvgIpc) is 3.24. The van der Waals surface area contributed by atoms with Crippen molar-refractivity contribution in [2.24, 2.45) is 13.0 Å². The predicted molar refractivity (Wildman–Crippen MR) is 131 cm³/mol. The van der Waals surface area contributed by atoms with Gasteiger partial charge in [-0.1, -0.05) is 54.2 Å². The lowest BCUT2D eigenvalue weighted by Gasteiger charge is -2.33. The molecule has 2 atom stereocenters. The number of likely N-dealkylation sites (tertiary alicyclic amines) is 1. The van der Waals surface area contributed by atoms with Crippen LogP contribution in [0.3, 0.4) is 0 Å². The molecule has 0 saturated carbocycles. The minimum Gasteiger partial charge on any atom is -0.485 e. The molecule has 0 spiro atoms. The Kier molecular flexibility index (Phi) is 6.76. The molecule has 3 aromatic rings. The van der Waals surface area contributed by atoms with E-state index in [0.29, 0.717) is 29.3 Å². The van der Waals surface area contributed by atoms with Crippen LogP contribution in [0, 0.1) is 5.92 Å². The lowest BCUT2D eigenvalue weighted by Crippen LogP contribution is -2.42. The van der Waals surface area contributed by atoms with Crippen molar-refractivity contribution >= 4 is 17.7 Å². The number of aromatic nitrogens is 3. The Hall–Kier alpha value is -3.00. The molecule has 1 amide bonds. The van der Waals surface area contributed by atoms with Crippen LogP contribution in [0.15, 0.2) is 59.8 Å². The highest BCUT2D eigenvalue weighted by atomic mass is 32.2. The summed E-state index contributed by atoms with van der Waals surface area (Å²) >= 11 is 1.45. The van der Waals surface area contributed by atoms with Gasteiger partial charge in [-0.25, -0.2) is 0 Å². The van der Waals surface area contributed by atoms with E-state index >= 15 is 0 Å². The Morgan fingerprint density at radius 2 is 1.76 bits per heavy atom. The smallest absolute Gasteiger partial charge is 0.235 e. The minimum atomic E-state index is -0.337. The second kappa shape index (κ2) is 10.1. The van der Waals surface area contributed by atoms with Crippen molar-refractivity contribution in [2.45, 2.75) is 42.7 Å². The van der Waals surface area contributed by atoms with Crippen LogP contribution in [-0.4, -0.2) is 50.5 Å². The van der Waals surface area contributed by atoms with Gasteiger partial charge in [-0.15, -0.1) is 10.2 Å². The summed E-state index contributed by atoms with van der Waals surface area (Å²) in [5.74, 6) is 2.94. The van der Waals surface area contributed by atoms with Gasteiger partial charge in [-0.3, -0.25) is 4.79 Å². The van der Waals surface area contributed by atoms with Crippen LogP contribution in [0.4, 0.5) is 0 Å². The Morgan fingerprint density at radius 1 is 1.06 bits per heavy atom. The van der Waals surface area contributed by atoms with Crippen LogP contribution in [0.1, 0.15) is 37.3 Å². The summed E-state index contributed by atoms with van der Waals surface area (Å²) in [6.07, 6.45) is 2.85. The maximum Gasteiger partial charge on any atom is 0.235 e. The third-order valence-corrected chi connectivity index (χ3v) is 7.71. The van der Waals surface area contributed by atoms with Crippen molar-refractivity contribution in [3.63, 3.8) is 0 Å². The van der Waals surface area contributed by atoms with Crippen molar-refractivity contribution < 1.29 is 14.3 Å². The van der Waals surface area contributed by atoms with Gasteiger partial charge in [-0.05, 0) is 49.8 Å². The highest BCUT2D eigenvalue weighted by Gasteiger charge is 2.30. The molecule has 2 aliphatic heterocycles. The lowest BCUT2D eigenvalue weighted by molar-refractivity contribution is -0.131. The fourth-order valence-electron chi connectivity index (χ4n) is 4.63. The largest absolute Gasteiger partial charge is 0.485 e. The number of nitrogens with zero attached hydrogens (tertiary/aromatic N) is 4. The summed E-state index contributed by atoms with van der Waals surface area (Å²) in [5.41, 5.74) is 1.38. The van der Waals surface area contributed by atoms with Crippen molar-refractivity contribution in [3.8, 4) is 11.5 Å². The van der Waals surface area contributed by atoms with Gasteiger partial charge in [0.05, 0.1) is 5.25 Å². The second-order valence-corrected chi connectivity index (χ2v) is 10.3. The van der Waals surface area contributed by atoms with E-state index in [2.05, 4.69) is 40.5 Å². The highest BCUT2D eigenvalue weighted by molar-refractivity contribution is 8.00. The summed E-state index contributed by atoms with van der Waals surface area (Å²) in [6.45, 7) is 3.96. The number of rotatable bonds is 6. The summed E-state index contributed by atoms with van der Waals surface area (Å²) < 4.78 is 13.8. The molecule has 0 bridgehead atoms. The van der Waals surface area contributed by atoms with E-state index < -0.39 is 0 Å². The van der Waals surface area contributed by atoms with E-state index in [0.717, 1.165) is 38.1 Å². The molecule has 34 heavy (non-hydrogen) atoms. The maximum atomic E-state index is 13.1. The average molecular weight is 479 g/mol. The number of hydrogen-bond donors (Lipinski definition) is 0. The quantitative estimate of drug-likeness (QED) is 0.493. The van der Waals surface area contributed by atoms with Crippen molar-refractivity contribution in [2.75, 3.05) is 19.7 Å². The number of carbonyl (C=O) groups is 1. The highest BCUT2D eigenvalue weighted by Crippen LogP contribution is 2.36. The standard InChI is InChI=1S/C26H30N4O3S/c1-18(25(31)30-14-12-20(13-15-30)16-19-8-4-3-5-9-19)34-26-28-27-24(29(26)2)23-17-32-21-10-6-7-11-22(21)33-23/h3-11,18,20,23H,12-17H2,1-2H3. The predicted octanol–water partition coefficient (Wildman–Crippen LogP) is 4.29. The Bertz CT molecular complexity index is 1130. The first-order chi connectivity index (χ1) is 16.6.